The minimum Gasteiger partial charge on any atom is -0.366 e. The molecule has 0 saturated carbocycles. The van der Waals surface area contributed by atoms with Crippen LogP contribution >= 0.6 is 0 Å². The van der Waals surface area contributed by atoms with E-state index < -0.39 is 5.91 Å². The van der Waals surface area contributed by atoms with Crippen molar-refractivity contribution in [3.63, 3.8) is 0 Å². The third-order valence-corrected chi connectivity index (χ3v) is 1.90. The highest BCUT2D eigenvalue weighted by Gasteiger charge is 2.04. The molecule has 0 spiro atoms. The van der Waals surface area contributed by atoms with Crippen molar-refractivity contribution in [2.75, 3.05) is 5.48 Å². The summed E-state index contributed by atoms with van der Waals surface area (Å²) in [5.74, 6) is -0.501. The summed E-state index contributed by atoms with van der Waals surface area (Å²) in [4.78, 5) is 10.8. The molecule has 0 aliphatic rings. The summed E-state index contributed by atoms with van der Waals surface area (Å²) in [5.41, 5.74) is 8.96. The maximum absolute atomic E-state index is 10.8. The molecule has 0 aromatic heterocycles. The van der Waals surface area contributed by atoms with Crippen LogP contribution in [0.25, 0.3) is 0 Å². The molecule has 13 heavy (non-hydrogen) atoms. The van der Waals surface area contributed by atoms with Gasteiger partial charge in [0.25, 0.3) is 0 Å². The monoisotopic (exact) mass is 180 g/mol. The molecule has 4 N–H and O–H groups in total. The molecule has 4 heteroatoms. The quantitative estimate of drug-likeness (QED) is 0.611. The SMILES string of the molecule is CCc1ccc(C(N)=O)cc1NO. The van der Waals surface area contributed by atoms with Crippen LogP contribution < -0.4 is 11.2 Å². The molecule has 0 atom stereocenters. The number of hydrogen-bond acceptors (Lipinski definition) is 3. The van der Waals surface area contributed by atoms with Crippen LogP contribution in [0, 0.1) is 0 Å². The predicted molar refractivity (Wildman–Crippen MR) is 49.7 cm³/mol. The van der Waals surface area contributed by atoms with Gasteiger partial charge in [-0.15, -0.1) is 0 Å². The Morgan fingerprint density at radius 2 is 2.31 bits per heavy atom. The molecule has 70 valence electrons. The number of rotatable bonds is 3. The summed E-state index contributed by atoms with van der Waals surface area (Å²) in [6.45, 7) is 1.96. The fraction of sp³-hybridized carbons (Fsp3) is 0.222. The van der Waals surface area contributed by atoms with Crippen molar-refractivity contribution in [3.8, 4) is 0 Å². The number of benzene rings is 1. The van der Waals surface area contributed by atoms with E-state index in [1.54, 1.807) is 12.1 Å². The number of anilines is 1. The van der Waals surface area contributed by atoms with E-state index in [1.807, 2.05) is 12.4 Å². The number of carbonyl (C=O) groups is 1. The lowest BCUT2D eigenvalue weighted by Crippen LogP contribution is -2.11. The second-order valence-corrected chi connectivity index (χ2v) is 2.70. The van der Waals surface area contributed by atoms with Crippen molar-refractivity contribution in [1.82, 2.24) is 0 Å². The van der Waals surface area contributed by atoms with E-state index in [0.717, 1.165) is 12.0 Å². The minimum atomic E-state index is -0.501. The van der Waals surface area contributed by atoms with Crippen molar-refractivity contribution in [2.24, 2.45) is 5.73 Å². The van der Waals surface area contributed by atoms with Crippen molar-refractivity contribution in [2.45, 2.75) is 13.3 Å². The largest absolute Gasteiger partial charge is 0.366 e. The Morgan fingerprint density at radius 1 is 1.62 bits per heavy atom. The van der Waals surface area contributed by atoms with Crippen molar-refractivity contribution in [1.29, 1.82) is 0 Å². The average molecular weight is 180 g/mol. The van der Waals surface area contributed by atoms with Crippen LogP contribution in [-0.4, -0.2) is 11.1 Å². The van der Waals surface area contributed by atoms with E-state index in [0.29, 0.717) is 11.3 Å². The zero-order valence-corrected chi connectivity index (χ0v) is 7.37. The molecule has 4 nitrogen and oxygen atoms in total. The van der Waals surface area contributed by atoms with Gasteiger partial charge in [0.15, 0.2) is 0 Å². The second-order valence-electron chi connectivity index (χ2n) is 2.70. The summed E-state index contributed by atoms with van der Waals surface area (Å²) in [5, 5.41) is 8.75. The number of hydrogen-bond donors (Lipinski definition) is 3. The first kappa shape index (κ1) is 9.54. The molecule has 0 bridgehead atoms. The molecule has 0 aliphatic carbocycles. The van der Waals surface area contributed by atoms with Crippen LogP contribution in [0.3, 0.4) is 0 Å². The van der Waals surface area contributed by atoms with Gasteiger partial charge in [0.2, 0.25) is 5.91 Å². The van der Waals surface area contributed by atoms with Gasteiger partial charge in [-0.25, -0.2) is 0 Å². The van der Waals surface area contributed by atoms with Crippen molar-refractivity contribution < 1.29 is 10.0 Å². The molecule has 0 fully saturated rings. The zero-order valence-electron chi connectivity index (χ0n) is 7.37. The molecule has 1 aromatic rings. The Kier molecular flexibility index (Phi) is 2.87. The summed E-state index contributed by atoms with van der Waals surface area (Å²) in [6.07, 6.45) is 0.780. The normalized spacial score (nSPS) is 9.69. The molecule has 0 radical (unpaired) electrons. The van der Waals surface area contributed by atoms with Crippen molar-refractivity contribution >= 4 is 11.6 Å². The Morgan fingerprint density at radius 3 is 2.77 bits per heavy atom. The third-order valence-electron chi connectivity index (χ3n) is 1.90. The van der Waals surface area contributed by atoms with E-state index in [2.05, 4.69) is 0 Å². The highest BCUT2D eigenvalue weighted by molar-refractivity contribution is 5.93. The molecule has 1 rings (SSSR count). The van der Waals surface area contributed by atoms with E-state index in [-0.39, 0.29) is 0 Å². The highest BCUT2D eigenvalue weighted by Crippen LogP contribution is 2.17. The molecule has 1 aromatic carbocycles. The van der Waals surface area contributed by atoms with Crippen LogP contribution in [0.5, 0.6) is 0 Å². The van der Waals surface area contributed by atoms with Gasteiger partial charge < -0.3 is 5.73 Å². The molecule has 0 aliphatic heterocycles. The van der Waals surface area contributed by atoms with Crippen LogP contribution in [-0.2, 0) is 6.42 Å². The zero-order chi connectivity index (χ0) is 9.84. The van der Waals surface area contributed by atoms with Crippen LogP contribution in [0.15, 0.2) is 18.2 Å². The van der Waals surface area contributed by atoms with Crippen LogP contribution in [0.4, 0.5) is 5.69 Å². The molecule has 0 heterocycles. The van der Waals surface area contributed by atoms with Crippen molar-refractivity contribution in [3.05, 3.63) is 29.3 Å². The number of nitrogens with one attached hydrogen (secondary N) is 1. The minimum absolute atomic E-state index is 0.383. The standard InChI is InChI=1S/C9H12N2O2/c1-2-6-3-4-7(9(10)12)5-8(6)11-13/h3-5,11,13H,2H2,1H3,(H2,10,12). The van der Waals surface area contributed by atoms with E-state index >= 15 is 0 Å². The van der Waals surface area contributed by atoms with Gasteiger partial charge in [-0.2, -0.15) is 0 Å². The Bertz CT molecular complexity index is 323. The number of nitrogens with two attached hydrogens (primary N) is 1. The summed E-state index contributed by atoms with van der Waals surface area (Å²) in [6, 6.07) is 4.93. The molecule has 0 saturated heterocycles. The van der Waals surface area contributed by atoms with E-state index in [4.69, 9.17) is 10.9 Å². The Balaban J connectivity index is 3.13. The fourth-order valence-electron chi connectivity index (χ4n) is 1.14. The van der Waals surface area contributed by atoms with Gasteiger partial charge in [0.05, 0.1) is 5.69 Å². The lowest BCUT2D eigenvalue weighted by atomic mass is 10.1. The number of primary amides is 1. The molecule has 1 amide bonds. The van der Waals surface area contributed by atoms with E-state index in [1.165, 1.54) is 6.07 Å². The Labute approximate surface area is 76.3 Å². The van der Waals surface area contributed by atoms with Gasteiger partial charge in [0, 0.05) is 5.56 Å². The first-order valence-corrected chi connectivity index (χ1v) is 4.02. The lowest BCUT2D eigenvalue weighted by molar-refractivity contribution is 0.100. The van der Waals surface area contributed by atoms with Gasteiger partial charge in [-0.3, -0.25) is 15.5 Å². The highest BCUT2D eigenvalue weighted by atomic mass is 16.5. The van der Waals surface area contributed by atoms with Crippen LogP contribution in [0.2, 0.25) is 0 Å². The molecular formula is C9H12N2O2. The van der Waals surface area contributed by atoms with Gasteiger partial charge in [-0.05, 0) is 24.1 Å². The smallest absolute Gasteiger partial charge is 0.248 e. The number of aryl methyl sites for hydroxylation is 1. The number of amides is 1. The first-order chi connectivity index (χ1) is 6.19. The van der Waals surface area contributed by atoms with Gasteiger partial charge in [-0.1, -0.05) is 13.0 Å². The fourth-order valence-corrected chi connectivity index (χ4v) is 1.14. The summed E-state index contributed by atoms with van der Waals surface area (Å²) >= 11 is 0. The molecule has 0 unspecified atom stereocenters. The maximum Gasteiger partial charge on any atom is 0.248 e. The maximum atomic E-state index is 10.8. The topological polar surface area (TPSA) is 75.4 Å². The second kappa shape index (κ2) is 3.91. The first-order valence-electron chi connectivity index (χ1n) is 4.02. The lowest BCUT2D eigenvalue weighted by Gasteiger charge is -2.06. The van der Waals surface area contributed by atoms with E-state index in [9.17, 15) is 4.79 Å². The predicted octanol–water partition coefficient (Wildman–Crippen LogP) is 1.15. The van der Waals surface area contributed by atoms with Crippen LogP contribution in [0.1, 0.15) is 22.8 Å². The van der Waals surface area contributed by atoms with Gasteiger partial charge >= 0.3 is 0 Å². The Hall–Kier alpha value is -1.55. The van der Waals surface area contributed by atoms with Gasteiger partial charge in [0.1, 0.15) is 0 Å². The molecular weight excluding hydrogens is 168 g/mol. The summed E-state index contributed by atoms with van der Waals surface area (Å²) < 4.78 is 0. The summed E-state index contributed by atoms with van der Waals surface area (Å²) in [7, 11) is 0. The average Bonchev–Trinajstić information content (AvgIpc) is 2.16. The number of carbonyl (C=O) groups excluding carboxylic acids is 1. The third kappa shape index (κ3) is 1.97.